The average molecular weight is 377 g/mol. The second-order valence-electron chi connectivity index (χ2n) is 5.64. The van der Waals surface area contributed by atoms with E-state index >= 15 is 0 Å². The highest BCUT2D eigenvalue weighted by molar-refractivity contribution is 5.99. The lowest BCUT2D eigenvalue weighted by atomic mass is 10.2. The molecule has 0 atom stereocenters. The second kappa shape index (κ2) is 6.98. The first-order valence-electron chi connectivity index (χ1n) is 7.73. The standard InChI is InChI=1S/C17H14F3N5O2/c1-10-4-6-11(7-5-10)25-14(17(18,19)20)12(9-22-25)15(26)23-24-16(27)13-3-2-8-21-13/h2-9,21H,1H3,(H,23,26)(H,24,27). The van der Waals surface area contributed by atoms with E-state index in [1.807, 2.05) is 10.9 Å². The third-order valence-electron chi connectivity index (χ3n) is 3.69. The van der Waals surface area contributed by atoms with Crippen LogP contribution in [0.1, 0.15) is 32.1 Å². The van der Waals surface area contributed by atoms with Crippen molar-refractivity contribution in [3.8, 4) is 5.69 Å². The number of H-pyrrole nitrogens is 1. The smallest absolute Gasteiger partial charge is 0.357 e. The molecule has 0 saturated heterocycles. The van der Waals surface area contributed by atoms with E-state index in [1.54, 1.807) is 25.1 Å². The number of carbonyl (C=O) groups excluding carboxylic acids is 2. The summed E-state index contributed by atoms with van der Waals surface area (Å²) >= 11 is 0. The summed E-state index contributed by atoms with van der Waals surface area (Å²) in [5.74, 6) is -1.84. The van der Waals surface area contributed by atoms with Gasteiger partial charge in [-0.2, -0.15) is 18.3 Å². The van der Waals surface area contributed by atoms with Crippen LogP contribution in [-0.2, 0) is 6.18 Å². The van der Waals surface area contributed by atoms with Crippen molar-refractivity contribution in [1.29, 1.82) is 0 Å². The SMILES string of the molecule is Cc1ccc(-n2ncc(C(=O)NNC(=O)c3ccc[nH]3)c2C(F)(F)F)cc1. The molecule has 0 aliphatic rings. The molecule has 0 saturated carbocycles. The maximum atomic E-state index is 13.6. The molecule has 1 aromatic carbocycles. The van der Waals surface area contributed by atoms with Crippen LogP contribution in [0.3, 0.4) is 0 Å². The number of rotatable bonds is 3. The molecule has 2 amide bonds. The minimum Gasteiger partial charge on any atom is -0.357 e. The van der Waals surface area contributed by atoms with Gasteiger partial charge in [-0.05, 0) is 31.2 Å². The van der Waals surface area contributed by atoms with E-state index in [-0.39, 0.29) is 11.4 Å². The Bertz CT molecular complexity index is 960. The van der Waals surface area contributed by atoms with Gasteiger partial charge in [-0.1, -0.05) is 17.7 Å². The van der Waals surface area contributed by atoms with Crippen molar-refractivity contribution in [2.24, 2.45) is 0 Å². The van der Waals surface area contributed by atoms with Crippen LogP contribution in [0.15, 0.2) is 48.8 Å². The highest BCUT2D eigenvalue weighted by Gasteiger charge is 2.40. The van der Waals surface area contributed by atoms with Crippen molar-refractivity contribution >= 4 is 11.8 Å². The van der Waals surface area contributed by atoms with E-state index in [0.29, 0.717) is 4.68 Å². The Morgan fingerprint density at radius 2 is 1.74 bits per heavy atom. The van der Waals surface area contributed by atoms with E-state index < -0.39 is 29.2 Å². The lowest BCUT2D eigenvalue weighted by molar-refractivity contribution is -0.143. The van der Waals surface area contributed by atoms with Crippen molar-refractivity contribution in [3.63, 3.8) is 0 Å². The topological polar surface area (TPSA) is 91.8 Å². The summed E-state index contributed by atoms with van der Waals surface area (Å²) in [6.45, 7) is 1.79. The van der Waals surface area contributed by atoms with E-state index in [2.05, 4.69) is 10.1 Å². The van der Waals surface area contributed by atoms with Crippen LogP contribution in [0.25, 0.3) is 5.69 Å². The van der Waals surface area contributed by atoms with Crippen molar-refractivity contribution < 1.29 is 22.8 Å². The highest BCUT2D eigenvalue weighted by Crippen LogP contribution is 2.33. The maximum absolute atomic E-state index is 13.6. The minimum atomic E-state index is -4.84. The molecule has 3 N–H and O–H groups in total. The van der Waals surface area contributed by atoms with Gasteiger partial charge in [0.05, 0.1) is 17.4 Å². The summed E-state index contributed by atoms with van der Waals surface area (Å²) in [5, 5.41) is 3.70. The monoisotopic (exact) mass is 377 g/mol. The number of amides is 2. The molecule has 27 heavy (non-hydrogen) atoms. The van der Waals surface area contributed by atoms with Crippen LogP contribution < -0.4 is 10.9 Å². The summed E-state index contributed by atoms with van der Waals surface area (Å²) in [4.78, 5) is 26.6. The van der Waals surface area contributed by atoms with E-state index in [1.165, 1.54) is 24.4 Å². The van der Waals surface area contributed by atoms with E-state index in [0.717, 1.165) is 11.8 Å². The van der Waals surface area contributed by atoms with Gasteiger partial charge in [-0.25, -0.2) is 4.68 Å². The Kier molecular flexibility index (Phi) is 4.72. The predicted molar refractivity (Wildman–Crippen MR) is 89.0 cm³/mol. The summed E-state index contributed by atoms with van der Waals surface area (Å²) in [7, 11) is 0. The first kappa shape index (κ1) is 18.2. The van der Waals surface area contributed by atoms with E-state index in [9.17, 15) is 22.8 Å². The lowest BCUT2D eigenvalue weighted by Gasteiger charge is -2.13. The Balaban J connectivity index is 1.87. The molecule has 0 aliphatic carbocycles. The van der Waals surface area contributed by atoms with Crippen molar-refractivity contribution in [2.45, 2.75) is 13.1 Å². The molecule has 3 aromatic rings. The molecule has 2 aromatic heterocycles. The Morgan fingerprint density at radius 3 is 2.33 bits per heavy atom. The average Bonchev–Trinajstić information content (AvgIpc) is 3.29. The third kappa shape index (κ3) is 3.84. The molecule has 0 radical (unpaired) electrons. The molecule has 7 nitrogen and oxygen atoms in total. The van der Waals surface area contributed by atoms with E-state index in [4.69, 9.17) is 0 Å². The van der Waals surface area contributed by atoms with Crippen molar-refractivity contribution in [2.75, 3.05) is 0 Å². The van der Waals surface area contributed by atoms with Crippen LogP contribution in [0.5, 0.6) is 0 Å². The Hall–Kier alpha value is -3.56. The zero-order valence-corrected chi connectivity index (χ0v) is 14.0. The van der Waals surface area contributed by atoms with Gasteiger partial charge >= 0.3 is 6.18 Å². The molecular weight excluding hydrogens is 363 g/mol. The quantitative estimate of drug-likeness (QED) is 0.613. The summed E-state index contributed by atoms with van der Waals surface area (Å²) in [6.07, 6.45) is -2.54. The Morgan fingerprint density at radius 1 is 1.07 bits per heavy atom. The molecule has 0 unspecified atom stereocenters. The summed E-state index contributed by atoms with van der Waals surface area (Å²) in [6, 6.07) is 9.20. The number of carbonyl (C=O) groups is 2. The first-order valence-corrected chi connectivity index (χ1v) is 7.73. The molecule has 10 heteroatoms. The molecule has 0 fully saturated rings. The molecule has 2 heterocycles. The number of aromatic nitrogens is 3. The largest absolute Gasteiger partial charge is 0.434 e. The number of benzene rings is 1. The van der Waals surface area contributed by atoms with Crippen molar-refractivity contribution in [3.05, 3.63) is 71.3 Å². The number of nitrogens with one attached hydrogen (secondary N) is 3. The van der Waals surface area contributed by atoms with Gasteiger partial charge in [0.2, 0.25) is 0 Å². The number of aromatic amines is 1. The molecule has 140 valence electrons. The van der Waals surface area contributed by atoms with Gasteiger partial charge in [0.1, 0.15) is 5.69 Å². The second-order valence-corrected chi connectivity index (χ2v) is 5.64. The highest BCUT2D eigenvalue weighted by atomic mass is 19.4. The minimum absolute atomic E-state index is 0.140. The molecular formula is C17H14F3N5O2. The number of nitrogens with zero attached hydrogens (tertiary/aromatic N) is 2. The van der Waals surface area contributed by atoms with Crippen LogP contribution in [0, 0.1) is 6.92 Å². The van der Waals surface area contributed by atoms with Gasteiger partial charge in [-0.15, -0.1) is 0 Å². The van der Waals surface area contributed by atoms with Gasteiger partial charge in [0.25, 0.3) is 11.8 Å². The van der Waals surface area contributed by atoms with Gasteiger partial charge < -0.3 is 4.98 Å². The number of aryl methyl sites for hydroxylation is 1. The molecule has 0 bridgehead atoms. The Labute approximate surface area is 151 Å². The maximum Gasteiger partial charge on any atom is 0.434 e. The van der Waals surface area contributed by atoms with Crippen LogP contribution >= 0.6 is 0 Å². The molecule has 0 aliphatic heterocycles. The fourth-order valence-corrected chi connectivity index (χ4v) is 2.39. The normalized spacial score (nSPS) is 11.3. The first-order chi connectivity index (χ1) is 12.8. The van der Waals surface area contributed by atoms with Crippen molar-refractivity contribution in [1.82, 2.24) is 25.6 Å². The fourth-order valence-electron chi connectivity index (χ4n) is 2.39. The molecule has 0 spiro atoms. The van der Waals surface area contributed by atoms with Crippen LogP contribution in [-0.4, -0.2) is 26.6 Å². The number of hydrogen-bond acceptors (Lipinski definition) is 3. The van der Waals surface area contributed by atoms with Gasteiger partial charge in [-0.3, -0.25) is 20.4 Å². The lowest BCUT2D eigenvalue weighted by Crippen LogP contribution is -2.42. The number of alkyl halides is 3. The number of hydrogen-bond donors (Lipinski definition) is 3. The number of hydrazine groups is 1. The van der Waals surface area contributed by atoms with Gasteiger partial charge in [0.15, 0.2) is 5.69 Å². The zero-order chi connectivity index (χ0) is 19.6. The van der Waals surface area contributed by atoms with Crippen LogP contribution in [0.4, 0.5) is 13.2 Å². The zero-order valence-electron chi connectivity index (χ0n) is 14.0. The molecule has 3 rings (SSSR count). The third-order valence-corrected chi connectivity index (χ3v) is 3.69. The van der Waals surface area contributed by atoms with Crippen LogP contribution in [0.2, 0.25) is 0 Å². The van der Waals surface area contributed by atoms with Gasteiger partial charge in [0, 0.05) is 6.20 Å². The fraction of sp³-hybridized carbons (Fsp3) is 0.118. The predicted octanol–water partition coefficient (Wildman–Crippen LogP) is 2.60. The summed E-state index contributed by atoms with van der Waals surface area (Å²) in [5.41, 5.74) is 3.22. The number of halogens is 3. The summed E-state index contributed by atoms with van der Waals surface area (Å²) < 4.78 is 41.3.